The van der Waals surface area contributed by atoms with Crippen LogP contribution in [0.15, 0.2) is 35.5 Å². The van der Waals surface area contributed by atoms with Gasteiger partial charge in [-0.2, -0.15) is 0 Å². The Bertz CT molecular complexity index is 1310. The summed E-state index contributed by atoms with van der Waals surface area (Å²) in [4.78, 5) is 60.2. The Morgan fingerprint density at radius 2 is 1.55 bits per heavy atom. The van der Waals surface area contributed by atoms with Crippen molar-refractivity contribution in [1.29, 1.82) is 0 Å². The highest BCUT2D eigenvalue weighted by Crippen LogP contribution is 2.63. The number of methoxy groups -OCH3 is 2. The van der Waals surface area contributed by atoms with Crippen LogP contribution < -0.4 is 0 Å². The zero-order valence-corrected chi connectivity index (χ0v) is 27.8. The number of benzene rings is 1. The second-order valence-electron chi connectivity index (χ2n) is 13.0. The molecule has 0 amide bonds. The fourth-order valence-corrected chi connectivity index (χ4v) is 7.83. The minimum Gasteiger partial charge on any atom is -0.468 e. The standard InChI is InChI=1S/C31H43NO11Si/c1-18(33)40-24-23-21(39-17-20-13-11-10-12-14-20)15-16-22-30(23,27(35)37-6)31(43-32-22,28(36)38-7)26(25(24)41-19(2)34)42-44(8,9)29(3,4)5/h10-14,21,23-26H,15-17H2,1-9H3. The van der Waals surface area contributed by atoms with Crippen molar-refractivity contribution >= 4 is 37.9 Å². The van der Waals surface area contributed by atoms with E-state index in [0.717, 1.165) is 12.7 Å². The van der Waals surface area contributed by atoms with Gasteiger partial charge in [0.25, 0.3) is 5.60 Å². The SMILES string of the molecule is COC(=O)C12ON=C3CCC(OCc4ccccc4)C(C(OC(C)=O)C(OC(C)=O)C1O[Si](C)(C)C(C)(C)C)C32C(=O)OC. The number of carbonyl (C=O) groups excluding carboxylic acids is 4. The topological polar surface area (TPSA) is 145 Å². The van der Waals surface area contributed by atoms with Crippen molar-refractivity contribution in [3.63, 3.8) is 0 Å². The lowest BCUT2D eigenvalue weighted by molar-refractivity contribution is -0.277. The van der Waals surface area contributed by atoms with Crippen molar-refractivity contribution in [3.05, 3.63) is 35.9 Å². The molecule has 3 aliphatic rings. The highest BCUT2D eigenvalue weighted by atomic mass is 28.4. The van der Waals surface area contributed by atoms with Crippen LogP contribution in [0.5, 0.6) is 0 Å². The molecular weight excluding hydrogens is 590 g/mol. The van der Waals surface area contributed by atoms with Gasteiger partial charge < -0.3 is 32.9 Å². The third kappa shape index (κ3) is 5.32. The summed E-state index contributed by atoms with van der Waals surface area (Å²) in [5.74, 6) is -4.41. The first-order valence-corrected chi connectivity index (χ1v) is 17.6. The normalized spacial score (nSPS) is 31.1. The molecule has 1 aliphatic heterocycles. The Kier molecular flexibility index (Phi) is 9.35. The molecule has 12 nitrogen and oxygen atoms in total. The van der Waals surface area contributed by atoms with Crippen LogP contribution in [0.4, 0.5) is 0 Å². The first-order valence-electron chi connectivity index (χ1n) is 14.7. The number of carbonyl (C=O) groups is 4. The summed E-state index contributed by atoms with van der Waals surface area (Å²) in [6, 6.07) is 9.39. The first kappa shape index (κ1) is 33.6. The van der Waals surface area contributed by atoms with Gasteiger partial charge >= 0.3 is 23.9 Å². The van der Waals surface area contributed by atoms with Crippen molar-refractivity contribution < 1.29 is 52.1 Å². The van der Waals surface area contributed by atoms with Crippen LogP contribution in [-0.2, 0) is 58.7 Å². The first-order chi connectivity index (χ1) is 20.6. The summed E-state index contributed by atoms with van der Waals surface area (Å²) < 4.78 is 36.0. The van der Waals surface area contributed by atoms with Crippen molar-refractivity contribution in [2.45, 2.75) is 102 Å². The summed E-state index contributed by atoms with van der Waals surface area (Å²) in [7, 11) is -0.514. The third-order valence-corrected chi connectivity index (χ3v) is 13.9. The zero-order chi connectivity index (χ0) is 32.7. The van der Waals surface area contributed by atoms with Gasteiger partial charge in [0.05, 0.1) is 38.6 Å². The van der Waals surface area contributed by atoms with E-state index < -0.39 is 78.6 Å². The summed E-state index contributed by atoms with van der Waals surface area (Å²) in [6.45, 7) is 12.4. The molecule has 2 saturated carbocycles. The summed E-state index contributed by atoms with van der Waals surface area (Å²) in [5.41, 5.74) is -3.26. The number of nitrogens with zero attached hydrogens (tertiary/aromatic N) is 1. The lowest BCUT2D eigenvalue weighted by Crippen LogP contribution is -2.82. The molecule has 0 saturated heterocycles. The molecule has 2 aliphatic carbocycles. The molecule has 0 spiro atoms. The van der Waals surface area contributed by atoms with E-state index in [2.05, 4.69) is 5.16 Å². The number of esters is 4. The number of hydrogen-bond donors (Lipinski definition) is 0. The van der Waals surface area contributed by atoms with Crippen LogP contribution in [0.1, 0.15) is 53.0 Å². The minimum atomic E-state index is -2.86. The predicted molar refractivity (Wildman–Crippen MR) is 159 cm³/mol. The lowest BCUT2D eigenvalue weighted by Gasteiger charge is -2.59. The molecule has 1 aromatic rings. The van der Waals surface area contributed by atoms with Gasteiger partial charge in [-0.25, -0.2) is 4.79 Å². The summed E-state index contributed by atoms with van der Waals surface area (Å²) in [5, 5.41) is 3.91. The molecular formula is C31H43NO11Si. The molecule has 7 unspecified atom stereocenters. The second-order valence-corrected chi connectivity index (χ2v) is 17.8. The number of ether oxygens (including phenoxy) is 5. The van der Waals surface area contributed by atoms with E-state index >= 15 is 0 Å². The van der Waals surface area contributed by atoms with Crippen LogP contribution in [-0.4, -0.2) is 82.1 Å². The van der Waals surface area contributed by atoms with Gasteiger partial charge in [-0.1, -0.05) is 56.3 Å². The van der Waals surface area contributed by atoms with E-state index in [1.165, 1.54) is 21.0 Å². The summed E-state index contributed by atoms with van der Waals surface area (Å²) >= 11 is 0. The van der Waals surface area contributed by atoms with Gasteiger partial charge in [0.1, 0.15) is 12.2 Å². The van der Waals surface area contributed by atoms with Gasteiger partial charge in [0, 0.05) is 13.8 Å². The Morgan fingerprint density at radius 3 is 2.09 bits per heavy atom. The van der Waals surface area contributed by atoms with E-state index in [-0.39, 0.29) is 18.7 Å². The molecule has 1 heterocycles. The molecule has 13 heteroatoms. The number of oxime groups is 1. The monoisotopic (exact) mass is 633 g/mol. The second kappa shape index (κ2) is 12.2. The highest BCUT2D eigenvalue weighted by Gasteiger charge is 2.86. The summed E-state index contributed by atoms with van der Waals surface area (Å²) in [6.07, 6.45) is -4.52. The maximum absolute atomic E-state index is 14.4. The molecule has 0 bridgehead atoms. The maximum atomic E-state index is 14.4. The minimum absolute atomic E-state index is 0.146. The third-order valence-electron chi connectivity index (χ3n) is 9.42. The van der Waals surface area contributed by atoms with Gasteiger partial charge in [0.15, 0.2) is 19.8 Å². The average Bonchev–Trinajstić information content (AvgIpc) is 3.32. The van der Waals surface area contributed by atoms with Crippen LogP contribution in [0, 0.1) is 11.3 Å². The smallest absolute Gasteiger partial charge is 0.357 e. The van der Waals surface area contributed by atoms with Gasteiger partial charge in [-0.15, -0.1) is 0 Å². The van der Waals surface area contributed by atoms with E-state index in [4.69, 9.17) is 32.9 Å². The van der Waals surface area contributed by atoms with E-state index in [1.807, 2.05) is 64.2 Å². The quantitative estimate of drug-likeness (QED) is 0.223. The van der Waals surface area contributed by atoms with Gasteiger partial charge in [-0.3, -0.25) is 14.4 Å². The molecule has 242 valence electrons. The van der Waals surface area contributed by atoms with Crippen molar-refractivity contribution in [3.8, 4) is 0 Å². The fourth-order valence-electron chi connectivity index (χ4n) is 6.54. The number of rotatable bonds is 9. The Labute approximate surface area is 258 Å². The Morgan fingerprint density at radius 1 is 0.955 bits per heavy atom. The predicted octanol–water partition coefficient (Wildman–Crippen LogP) is 3.71. The molecule has 0 N–H and O–H groups in total. The maximum Gasteiger partial charge on any atom is 0.357 e. The number of hydrogen-bond acceptors (Lipinski definition) is 12. The van der Waals surface area contributed by atoms with Crippen molar-refractivity contribution in [2.75, 3.05) is 14.2 Å². The van der Waals surface area contributed by atoms with E-state index in [9.17, 15) is 19.2 Å². The molecule has 2 fully saturated rings. The van der Waals surface area contributed by atoms with E-state index in [0.29, 0.717) is 6.42 Å². The lowest BCUT2D eigenvalue weighted by atomic mass is 9.48. The Balaban J connectivity index is 2.04. The molecule has 0 aromatic heterocycles. The van der Waals surface area contributed by atoms with Crippen LogP contribution in [0.2, 0.25) is 18.1 Å². The molecule has 7 atom stereocenters. The van der Waals surface area contributed by atoms with Gasteiger partial charge in [0.2, 0.25) is 0 Å². The van der Waals surface area contributed by atoms with Crippen LogP contribution in [0.25, 0.3) is 0 Å². The molecule has 44 heavy (non-hydrogen) atoms. The van der Waals surface area contributed by atoms with Crippen LogP contribution in [0.3, 0.4) is 0 Å². The van der Waals surface area contributed by atoms with Gasteiger partial charge in [-0.05, 0) is 36.5 Å². The molecule has 4 rings (SSSR count). The average molecular weight is 634 g/mol. The van der Waals surface area contributed by atoms with Crippen molar-refractivity contribution in [2.24, 2.45) is 16.5 Å². The van der Waals surface area contributed by atoms with Crippen molar-refractivity contribution in [1.82, 2.24) is 0 Å². The fraction of sp³-hybridized carbons (Fsp3) is 0.645. The molecule has 0 radical (unpaired) electrons. The Hall–Kier alpha value is -3.29. The van der Waals surface area contributed by atoms with Crippen LogP contribution >= 0.6 is 0 Å². The highest BCUT2D eigenvalue weighted by molar-refractivity contribution is 6.74. The largest absolute Gasteiger partial charge is 0.468 e. The molecule has 1 aromatic carbocycles. The van der Waals surface area contributed by atoms with E-state index in [1.54, 1.807) is 0 Å². The zero-order valence-electron chi connectivity index (χ0n) is 26.8.